The lowest BCUT2D eigenvalue weighted by atomic mass is 9.87. The van der Waals surface area contributed by atoms with Crippen molar-refractivity contribution in [1.82, 2.24) is 0 Å². The molecule has 0 amide bonds. The van der Waals surface area contributed by atoms with Crippen LogP contribution in [0.4, 0.5) is 0 Å². The first kappa shape index (κ1) is 5.21. The van der Waals surface area contributed by atoms with Crippen LogP contribution in [-0.4, -0.2) is 5.78 Å². The molecule has 0 aliphatic heterocycles. The Morgan fingerprint density at radius 1 is 1.89 bits per heavy atom. The Labute approximate surface area is 57.2 Å². The van der Waals surface area contributed by atoms with Gasteiger partial charge in [-0.3, -0.25) is 4.79 Å². The van der Waals surface area contributed by atoms with Gasteiger partial charge in [0.1, 0.15) is 5.78 Å². The van der Waals surface area contributed by atoms with Gasteiger partial charge in [-0.25, -0.2) is 0 Å². The SMILES string of the molecule is [3H][C@@H]1CC(=O)[C@H](C)CC1=C. The normalized spacial score (nSPS) is 38.6. The molecule has 1 fully saturated rings. The number of allylic oxidation sites excluding steroid dienone is 1. The fourth-order valence-corrected chi connectivity index (χ4v) is 1.04. The second-order valence-corrected chi connectivity index (χ2v) is 2.64. The summed E-state index contributed by atoms with van der Waals surface area (Å²) in [5.74, 6) is 0.321. The second kappa shape index (κ2) is 2.34. The van der Waals surface area contributed by atoms with E-state index in [1.165, 1.54) is 0 Å². The fourth-order valence-electron chi connectivity index (χ4n) is 1.04. The highest BCUT2D eigenvalue weighted by molar-refractivity contribution is 5.82. The van der Waals surface area contributed by atoms with Gasteiger partial charge in [0.05, 0.1) is 0 Å². The molecule has 0 aromatic carbocycles. The van der Waals surface area contributed by atoms with E-state index in [1.54, 1.807) is 0 Å². The monoisotopic (exact) mass is 126 g/mol. The van der Waals surface area contributed by atoms with Crippen molar-refractivity contribution < 1.29 is 6.17 Å². The van der Waals surface area contributed by atoms with E-state index in [1.807, 2.05) is 6.92 Å². The van der Waals surface area contributed by atoms with Gasteiger partial charge in [0, 0.05) is 13.7 Å². The van der Waals surface area contributed by atoms with Gasteiger partial charge in [0.25, 0.3) is 0 Å². The predicted molar refractivity (Wildman–Crippen MR) is 37.2 cm³/mol. The van der Waals surface area contributed by atoms with Gasteiger partial charge in [0.15, 0.2) is 0 Å². The molecule has 1 nitrogen and oxygen atoms in total. The molecule has 0 bridgehead atoms. The van der Waals surface area contributed by atoms with Crippen LogP contribution in [0.25, 0.3) is 0 Å². The summed E-state index contributed by atoms with van der Waals surface area (Å²) in [4.78, 5) is 11.0. The third kappa shape index (κ3) is 1.41. The van der Waals surface area contributed by atoms with Crippen molar-refractivity contribution in [2.75, 3.05) is 0 Å². The average molecular weight is 126 g/mol. The Balaban J connectivity index is 2.63. The molecule has 2 atom stereocenters. The lowest BCUT2D eigenvalue weighted by molar-refractivity contribution is -0.123. The zero-order valence-corrected chi connectivity index (χ0v) is 5.68. The lowest BCUT2D eigenvalue weighted by Crippen LogP contribution is -2.16. The van der Waals surface area contributed by atoms with Crippen LogP contribution in [0.1, 0.15) is 27.5 Å². The second-order valence-electron chi connectivity index (χ2n) is 2.64. The molecular weight excluding hydrogens is 112 g/mol. The van der Waals surface area contributed by atoms with Crippen LogP contribution >= 0.6 is 0 Å². The first-order valence-corrected chi connectivity index (χ1v) is 3.24. The standard InChI is InChI=1S/C8H12O/c1-6-3-4-8(9)7(2)5-6/h7H,1,3-5H2,2H3/t7-/m1/s1/i3T/t3-,7-. The molecule has 0 N–H and O–H groups in total. The fraction of sp³-hybridized carbons (Fsp3) is 0.625. The maximum Gasteiger partial charge on any atom is 0.136 e. The zero-order chi connectivity index (χ0) is 7.72. The van der Waals surface area contributed by atoms with E-state index in [9.17, 15) is 4.79 Å². The summed E-state index contributed by atoms with van der Waals surface area (Å²) in [6.45, 7) is 5.64. The number of carbonyl (C=O) groups is 1. The molecule has 0 spiro atoms. The van der Waals surface area contributed by atoms with Crippen LogP contribution in [0.15, 0.2) is 12.2 Å². The summed E-state index contributed by atoms with van der Waals surface area (Å²) in [7, 11) is 0. The minimum Gasteiger partial charge on any atom is -0.299 e. The van der Waals surface area contributed by atoms with Crippen LogP contribution in [-0.2, 0) is 4.79 Å². The molecule has 50 valence electrons. The van der Waals surface area contributed by atoms with Crippen molar-refractivity contribution in [3.05, 3.63) is 12.2 Å². The van der Waals surface area contributed by atoms with Crippen molar-refractivity contribution in [2.24, 2.45) is 5.92 Å². The van der Waals surface area contributed by atoms with Crippen molar-refractivity contribution in [3.8, 4) is 0 Å². The molecular formula is C8H12O. The molecule has 1 aliphatic carbocycles. The quantitative estimate of drug-likeness (QED) is 0.453. The molecule has 1 heteroatoms. The molecule has 0 heterocycles. The summed E-state index contributed by atoms with van der Waals surface area (Å²) in [6, 6.07) is 0. The van der Waals surface area contributed by atoms with E-state index in [0.717, 1.165) is 5.57 Å². The van der Waals surface area contributed by atoms with Gasteiger partial charge in [0.2, 0.25) is 0 Å². The number of Topliss-reactive ketones (excluding diaryl/α,β-unsaturated/α-hetero) is 1. The van der Waals surface area contributed by atoms with Gasteiger partial charge < -0.3 is 0 Å². The van der Waals surface area contributed by atoms with E-state index in [-0.39, 0.29) is 18.1 Å². The molecule has 1 saturated carbocycles. The van der Waals surface area contributed by atoms with Crippen molar-refractivity contribution in [2.45, 2.75) is 26.2 Å². The van der Waals surface area contributed by atoms with Crippen LogP contribution in [0, 0.1) is 5.92 Å². The van der Waals surface area contributed by atoms with Crippen molar-refractivity contribution >= 4 is 5.78 Å². The predicted octanol–water partition coefficient (Wildman–Crippen LogP) is 1.93. The number of carbonyl (C=O) groups excluding carboxylic acids is 1. The third-order valence-electron chi connectivity index (χ3n) is 1.71. The number of hydrogen-bond acceptors (Lipinski definition) is 1. The van der Waals surface area contributed by atoms with Crippen LogP contribution in [0.3, 0.4) is 0 Å². The number of ketones is 1. The number of rotatable bonds is 0. The molecule has 9 heavy (non-hydrogen) atoms. The summed E-state index contributed by atoms with van der Waals surface area (Å²) in [5.41, 5.74) is 0.909. The highest BCUT2D eigenvalue weighted by atomic mass is 16.1. The molecule has 0 saturated heterocycles. The van der Waals surface area contributed by atoms with E-state index < -0.39 is 0 Å². The van der Waals surface area contributed by atoms with Gasteiger partial charge in [-0.2, -0.15) is 0 Å². The average Bonchev–Trinajstić information content (AvgIpc) is 1.84. The summed E-state index contributed by atoms with van der Waals surface area (Å²) < 4.78 is 7.38. The van der Waals surface area contributed by atoms with Crippen LogP contribution in [0.2, 0.25) is 0 Å². The number of hydrogen-bond donors (Lipinski definition) is 0. The summed E-state index contributed by atoms with van der Waals surface area (Å²) in [6.07, 6.45) is 0.760. The van der Waals surface area contributed by atoms with E-state index in [4.69, 9.17) is 1.37 Å². The van der Waals surface area contributed by atoms with Gasteiger partial charge in [-0.1, -0.05) is 19.1 Å². The van der Waals surface area contributed by atoms with Gasteiger partial charge in [-0.15, -0.1) is 0 Å². The van der Waals surface area contributed by atoms with Crippen molar-refractivity contribution in [3.63, 3.8) is 0 Å². The summed E-state index contributed by atoms with van der Waals surface area (Å²) in [5, 5.41) is 0. The minimum atomic E-state index is -0.330. The van der Waals surface area contributed by atoms with E-state index in [0.29, 0.717) is 12.8 Å². The van der Waals surface area contributed by atoms with Crippen LogP contribution < -0.4 is 0 Å². The summed E-state index contributed by atoms with van der Waals surface area (Å²) >= 11 is 0. The Kier molecular flexibility index (Phi) is 1.36. The lowest BCUT2D eigenvalue weighted by Gasteiger charge is -2.17. The third-order valence-corrected chi connectivity index (χ3v) is 1.71. The molecule has 0 radical (unpaired) electrons. The van der Waals surface area contributed by atoms with Crippen molar-refractivity contribution in [1.29, 1.82) is 0 Å². The zero-order valence-electron chi connectivity index (χ0n) is 6.68. The Morgan fingerprint density at radius 2 is 2.56 bits per heavy atom. The molecule has 0 aromatic heterocycles. The Morgan fingerprint density at radius 3 is 3.11 bits per heavy atom. The molecule has 0 unspecified atom stereocenters. The first-order chi connectivity index (χ1) is 4.61. The van der Waals surface area contributed by atoms with Gasteiger partial charge in [-0.05, 0) is 12.8 Å². The maximum atomic E-state index is 11.0. The van der Waals surface area contributed by atoms with Gasteiger partial charge >= 0.3 is 0 Å². The topological polar surface area (TPSA) is 17.1 Å². The minimum absolute atomic E-state index is 0.106. The first-order valence-electron chi connectivity index (χ1n) is 3.81. The molecule has 1 rings (SSSR count). The Hall–Kier alpha value is -0.590. The molecule has 1 aliphatic rings. The smallest absolute Gasteiger partial charge is 0.136 e. The van der Waals surface area contributed by atoms with E-state index >= 15 is 0 Å². The Bertz CT molecular complexity index is 154. The highest BCUT2D eigenvalue weighted by Gasteiger charge is 2.18. The van der Waals surface area contributed by atoms with E-state index in [2.05, 4.69) is 6.58 Å². The largest absolute Gasteiger partial charge is 0.299 e. The highest BCUT2D eigenvalue weighted by Crippen LogP contribution is 2.23. The maximum absolute atomic E-state index is 11.0. The molecule has 0 aromatic rings. The van der Waals surface area contributed by atoms with Crippen LogP contribution in [0.5, 0.6) is 0 Å².